The van der Waals surface area contributed by atoms with Crippen LogP contribution in [0.5, 0.6) is 0 Å². The lowest BCUT2D eigenvalue weighted by atomic mass is 10.1. The van der Waals surface area contributed by atoms with Crippen molar-refractivity contribution in [2.24, 2.45) is 0 Å². The summed E-state index contributed by atoms with van der Waals surface area (Å²) in [4.78, 5) is 23.5. The SMILES string of the molecule is Cc1cc(F)ccc1S(=O)(=O)N1CCC(c2ncc(C(=O)N3CCOCC3)c(C)n2)C1. The molecule has 0 bridgehead atoms. The van der Waals surface area contributed by atoms with Gasteiger partial charge in [0.15, 0.2) is 0 Å². The van der Waals surface area contributed by atoms with E-state index in [1.165, 1.54) is 22.6 Å². The van der Waals surface area contributed by atoms with E-state index in [1.807, 2.05) is 0 Å². The van der Waals surface area contributed by atoms with Gasteiger partial charge in [0.2, 0.25) is 10.0 Å². The van der Waals surface area contributed by atoms with Gasteiger partial charge in [-0.15, -0.1) is 0 Å². The van der Waals surface area contributed by atoms with E-state index in [0.29, 0.717) is 61.9 Å². The largest absolute Gasteiger partial charge is 0.378 e. The first kappa shape index (κ1) is 21.8. The highest BCUT2D eigenvalue weighted by Crippen LogP contribution is 2.31. The number of sulfonamides is 1. The van der Waals surface area contributed by atoms with Crippen molar-refractivity contribution in [2.45, 2.75) is 31.1 Å². The molecule has 0 N–H and O–H groups in total. The Morgan fingerprint density at radius 2 is 1.94 bits per heavy atom. The highest BCUT2D eigenvalue weighted by Gasteiger charge is 2.35. The van der Waals surface area contributed by atoms with Crippen LogP contribution in [-0.4, -0.2) is 72.9 Å². The Kier molecular flexibility index (Phi) is 6.05. The number of aryl methyl sites for hydroxylation is 2. The first-order valence-corrected chi connectivity index (χ1v) is 11.7. The van der Waals surface area contributed by atoms with Crippen LogP contribution in [0, 0.1) is 19.7 Å². The molecule has 2 fully saturated rings. The van der Waals surface area contributed by atoms with Crippen molar-refractivity contribution in [2.75, 3.05) is 39.4 Å². The van der Waals surface area contributed by atoms with Crippen LogP contribution < -0.4 is 0 Å². The van der Waals surface area contributed by atoms with Gasteiger partial charge < -0.3 is 9.64 Å². The van der Waals surface area contributed by atoms with E-state index in [2.05, 4.69) is 9.97 Å². The number of nitrogens with zero attached hydrogens (tertiary/aromatic N) is 4. The number of rotatable bonds is 4. The molecule has 0 aliphatic carbocycles. The minimum absolute atomic E-state index is 0.109. The number of halogens is 1. The fourth-order valence-electron chi connectivity index (χ4n) is 4.03. The first-order chi connectivity index (χ1) is 14.8. The molecule has 0 radical (unpaired) electrons. The van der Waals surface area contributed by atoms with E-state index in [1.54, 1.807) is 18.7 Å². The van der Waals surface area contributed by atoms with Crippen molar-refractivity contribution in [1.29, 1.82) is 0 Å². The molecule has 31 heavy (non-hydrogen) atoms. The number of carbonyl (C=O) groups excluding carboxylic acids is 1. The quantitative estimate of drug-likeness (QED) is 0.709. The van der Waals surface area contributed by atoms with E-state index >= 15 is 0 Å². The van der Waals surface area contributed by atoms with E-state index < -0.39 is 15.8 Å². The van der Waals surface area contributed by atoms with Crippen LogP contribution >= 0.6 is 0 Å². The summed E-state index contributed by atoms with van der Waals surface area (Å²) in [5.41, 5.74) is 1.41. The Balaban J connectivity index is 1.50. The van der Waals surface area contributed by atoms with Gasteiger partial charge in [-0.3, -0.25) is 4.79 Å². The summed E-state index contributed by atoms with van der Waals surface area (Å²) in [6.07, 6.45) is 2.12. The molecular weight excluding hydrogens is 423 g/mol. The van der Waals surface area contributed by atoms with Gasteiger partial charge in [0.25, 0.3) is 5.91 Å². The third-order valence-electron chi connectivity index (χ3n) is 5.80. The Morgan fingerprint density at radius 1 is 1.19 bits per heavy atom. The second-order valence-corrected chi connectivity index (χ2v) is 9.80. The maximum Gasteiger partial charge on any atom is 0.257 e. The summed E-state index contributed by atoms with van der Waals surface area (Å²) in [5.74, 6) is -0.215. The molecule has 2 aliphatic rings. The van der Waals surface area contributed by atoms with Gasteiger partial charge in [-0.05, 0) is 44.0 Å². The van der Waals surface area contributed by atoms with Crippen LogP contribution in [-0.2, 0) is 14.8 Å². The Bertz CT molecular complexity index is 1100. The number of carbonyl (C=O) groups is 1. The minimum atomic E-state index is -3.73. The first-order valence-electron chi connectivity index (χ1n) is 10.2. The Morgan fingerprint density at radius 3 is 2.61 bits per heavy atom. The summed E-state index contributed by atoms with van der Waals surface area (Å²) in [6.45, 7) is 6.05. The fourth-order valence-corrected chi connectivity index (χ4v) is 5.73. The van der Waals surface area contributed by atoms with Crippen molar-refractivity contribution in [3.8, 4) is 0 Å². The maximum absolute atomic E-state index is 13.4. The lowest BCUT2D eigenvalue weighted by Gasteiger charge is -2.27. The van der Waals surface area contributed by atoms with Crippen LogP contribution in [0.25, 0.3) is 0 Å². The zero-order chi connectivity index (χ0) is 22.2. The third-order valence-corrected chi connectivity index (χ3v) is 7.82. The number of benzene rings is 1. The third kappa shape index (κ3) is 4.32. The van der Waals surface area contributed by atoms with E-state index in [0.717, 1.165) is 6.07 Å². The van der Waals surface area contributed by atoms with Crippen LogP contribution in [0.1, 0.15) is 39.8 Å². The molecule has 166 valence electrons. The molecule has 10 heteroatoms. The van der Waals surface area contributed by atoms with Gasteiger partial charge in [0.1, 0.15) is 11.6 Å². The summed E-state index contributed by atoms with van der Waals surface area (Å²) >= 11 is 0. The molecule has 2 aliphatic heterocycles. The predicted octanol–water partition coefficient (Wildman–Crippen LogP) is 1.88. The zero-order valence-electron chi connectivity index (χ0n) is 17.5. The molecule has 0 spiro atoms. The van der Waals surface area contributed by atoms with Crippen LogP contribution in [0.4, 0.5) is 4.39 Å². The fraction of sp³-hybridized carbons (Fsp3) is 0.476. The van der Waals surface area contributed by atoms with Crippen LogP contribution in [0.2, 0.25) is 0 Å². The van der Waals surface area contributed by atoms with E-state index in [-0.39, 0.29) is 23.3 Å². The van der Waals surface area contributed by atoms with Crippen LogP contribution in [0.15, 0.2) is 29.3 Å². The van der Waals surface area contributed by atoms with Crippen LogP contribution in [0.3, 0.4) is 0 Å². The summed E-state index contributed by atoms with van der Waals surface area (Å²) in [7, 11) is -3.73. The smallest absolute Gasteiger partial charge is 0.257 e. The van der Waals surface area contributed by atoms with E-state index in [9.17, 15) is 17.6 Å². The number of morpholine rings is 1. The van der Waals surface area contributed by atoms with Crippen molar-refractivity contribution < 1.29 is 22.3 Å². The van der Waals surface area contributed by atoms with Gasteiger partial charge in [-0.1, -0.05) is 0 Å². The second kappa shape index (κ2) is 8.60. The average molecular weight is 449 g/mol. The molecule has 0 saturated carbocycles. The predicted molar refractivity (Wildman–Crippen MR) is 111 cm³/mol. The van der Waals surface area contributed by atoms with Gasteiger partial charge >= 0.3 is 0 Å². The van der Waals surface area contributed by atoms with Gasteiger partial charge in [-0.2, -0.15) is 4.31 Å². The van der Waals surface area contributed by atoms with Crippen molar-refractivity contribution in [3.63, 3.8) is 0 Å². The maximum atomic E-state index is 13.4. The lowest BCUT2D eigenvalue weighted by Crippen LogP contribution is -2.41. The van der Waals surface area contributed by atoms with Gasteiger partial charge in [-0.25, -0.2) is 22.8 Å². The lowest BCUT2D eigenvalue weighted by molar-refractivity contribution is 0.0301. The van der Waals surface area contributed by atoms with Crippen molar-refractivity contribution >= 4 is 15.9 Å². The zero-order valence-corrected chi connectivity index (χ0v) is 18.4. The normalized spacial score (nSPS) is 20.2. The van der Waals surface area contributed by atoms with Crippen molar-refractivity contribution in [3.05, 3.63) is 52.9 Å². The number of aromatic nitrogens is 2. The topological polar surface area (TPSA) is 92.7 Å². The molecule has 4 rings (SSSR count). The summed E-state index contributed by atoms with van der Waals surface area (Å²) in [6, 6.07) is 3.68. The molecule has 3 heterocycles. The van der Waals surface area contributed by atoms with Gasteiger partial charge in [0.05, 0.1) is 29.4 Å². The second-order valence-electron chi connectivity index (χ2n) is 7.89. The standard InChI is InChI=1S/C21H25FN4O4S/c1-14-11-17(22)3-4-19(14)31(28,29)26-6-5-16(13-26)20-23-12-18(15(2)24-20)21(27)25-7-9-30-10-8-25/h3-4,11-12,16H,5-10,13H2,1-2H3. The van der Waals surface area contributed by atoms with Gasteiger partial charge in [0, 0.05) is 38.3 Å². The molecule has 2 aromatic rings. The highest BCUT2D eigenvalue weighted by molar-refractivity contribution is 7.89. The molecule has 1 amide bonds. The molecule has 1 atom stereocenters. The molecule has 8 nitrogen and oxygen atoms in total. The monoisotopic (exact) mass is 448 g/mol. The molecule has 1 aromatic heterocycles. The average Bonchev–Trinajstić information content (AvgIpc) is 3.25. The van der Waals surface area contributed by atoms with E-state index in [4.69, 9.17) is 4.74 Å². The molecular formula is C21H25FN4O4S. The number of hydrogen-bond acceptors (Lipinski definition) is 6. The van der Waals surface area contributed by atoms with Crippen molar-refractivity contribution in [1.82, 2.24) is 19.2 Å². The number of ether oxygens (including phenoxy) is 1. The molecule has 2 saturated heterocycles. The highest BCUT2D eigenvalue weighted by atomic mass is 32.2. The summed E-state index contributed by atoms with van der Waals surface area (Å²) in [5, 5.41) is 0. The number of hydrogen-bond donors (Lipinski definition) is 0. The Labute approximate surface area is 181 Å². The number of amides is 1. The molecule has 1 aromatic carbocycles. The summed E-state index contributed by atoms with van der Waals surface area (Å²) < 4.78 is 46.1. The molecule has 1 unspecified atom stereocenters. The minimum Gasteiger partial charge on any atom is -0.378 e. The Hall–Kier alpha value is -2.43.